The Hall–Kier alpha value is -2.68. The molecule has 1 unspecified atom stereocenters. The third-order valence-electron chi connectivity index (χ3n) is 6.65. The smallest absolute Gasteiger partial charge is 0.433 e. The fourth-order valence-corrected chi connectivity index (χ4v) is 8.76. The van der Waals surface area contributed by atoms with Gasteiger partial charge in [-0.15, -0.1) is 11.3 Å². The van der Waals surface area contributed by atoms with E-state index in [-0.39, 0.29) is 26.1 Å². The van der Waals surface area contributed by atoms with E-state index in [2.05, 4.69) is 10.3 Å². The van der Waals surface area contributed by atoms with Crippen LogP contribution in [0.25, 0.3) is 10.4 Å². The number of nitrogens with zero attached hydrogens (tertiary/aromatic N) is 2. The Kier molecular flexibility index (Phi) is 10.7. The van der Waals surface area contributed by atoms with E-state index >= 15 is 0 Å². The van der Waals surface area contributed by atoms with Crippen molar-refractivity contribution in [2.75, 3.05) is 19.4 Å². The summed E-state index contributed by atoms with van der Waals surface area (Å²) in [7, 11) is -2.68. The summed E-state index contributed by atoms with van der Waals surface area (Å²) in [6, 6.07) is 6.01. The van der Waals surface area contributed by atoms with E-state index in [9.17, 15) is 22.8 Å². The highest BCUT2D eigenvalue weighted by Gasteiger charge is 2.44. The number of nitrogens with one attached hydrogen (secondary N) is 1. The Morgan fingerprint density at radius 1 is 1.19 bits per heavy atom. The summed E-state index contributed by atoms with van der Waals surface area (Å²) in [5, 5.41) is 2.89. The minimum atomic E-state index is -3.36. The van der Waals surface area contributed by atoms with E-state index < -0.39 is 55.2 Å². The summed E-state index contributed by atoms with van der Waals surface area (Å²) in [5.74, 6) is -0.811. The predicted molar refractivity (Wildman–Crippen MR) is 164 cm³/mol. The van der Waals surface area contributed by atoms with Gasteiger partial charge in [-0.2, -0.15) is 0 Å². The summed E-state index contributed by atoms with van der Waals surface area (Å²) < 4.78 is 33.0. The number of rotatable bonds is 10. The van der Waals surface area contributed by atoms with E-state index in [1.807, 2.05) is 52.0 Å². The molecule has 0 aliphatic carbocycles. The van der Waals surface area contributed by atoms with Gasteiger partial charge in [0, 0.05) is 19.2 Å². The van der Waals surface area contributed by atoms with Crippen LogP contribution in [0.3, 0.4) is 0 Å². The van der Waals surface area contributed by atoms with Crippen molar-refractivity contribution < 1.29 is 32.3 Å². The molecule has 2 aromatic rings. The number of nitrogens with two attached hydrogens (primary N) is 1. The maximum atomic E-state index is 13.4. The molecule has 1 aromatic heterocycles. The van der Waals surface area contributed by atoms with E-state index in [4.69, 9.17) is 15.2 Å². The fourth-order valence-electron chi connectivity index (χ4n) is 4.42. The SMILES string of the molecule is Cc1ncsc1-c1ccc(CNC(=O)[C@@H]2C[C@@H](OC(=O)OCC(C)(C)SS(C)(=O)=O)CN2C(=O)C(N)C(C)(C)C)cc1. The van der Waals surface area contributed by atoms with Crippen molar-refractivity contribution in [3.05, 3.63) is 41.0 Å². The van der Waals surface area contributed by atoms with Crippen LogP contribution in [0.4, 0.5) is 4.79 Å². The molecule has 14 heteroatoms. The molecule has 1 aliphatic heterocycles. The van der Waals surface area contributed by atoms with Gasteiger partial charge in [0.05, 0.1) is 33.4 Å². The second-order valence-corrected chi connectivity index (χ2v) is 17.9. The van der Waals surface area contributed by atoms with Crippen molar-refractivity contribution in [2.45, 2.75) is 77.4 Å². The van der Waals surface area contributed by atoms with Gasteiger partial charge in [-0.3, -0.25) is 9.59 Å². The zero-order chi connectivity index (χ0) is 31.5. The topological polar surface area (TPSA) is 158 Å². The average Bonchev–Trinajstić information content (AvgIpc) is 3.50. The van der Waals surface area contributed by atoms with Crippen LogP contribution in [0.2, 0.25) is 0 Å². The van der Waals surface area contributed by atoms with Crippen LogP contribution >= 0.6 is 22.1 Å². The van der Waals surface area contributed by atoms with Crippen LogP contribution in [-0.2, 0) is 34.5 Å². The number of thiazole rings is 1. The van der Waals surface area contributed by atoms with Crippen LogP contribution in [-0.4, -0.2) is 78.6 Å². The standard InChI is InChI=1S/C28H40N4O7S3/c1-17-22(40-16-31-17)19-10-8-18(9-11-19)13-30-24(33)21-12-20(14-32(21)25(34)23(29)27(2,3)4)39-26(35)38-15-28(5,6)41-42(7,36)37/h8-11,16,20-21,23H,12-15,29H2,1-7H3,(H,30,33)/t20-,21+,23?/m1/s1. The Balaban J connectivity index is 1.66. The second-order valence-electron chi connectivity index (χ2n) is 12.1. The minimum absolute atomic E-state index is 0.0276. The monoisotopic (exact) mass is 640 g/mol. The molecule has 2 amide bonds. The number of aromatic nitrogens is 1. The van der Waals surface area contributed by atoms with E-state index in [0.717, 1.165) is 28.0 Å². The Morgan fingerprint density at radius 2 is 1.83 bits per heavy atom. The molecule has 0 radical (unpaired) electrons. The van der Waals surface area contributed by atoms with Gasteiger partial charge >= 0.3 is 6.16 Å². The van der Waals surface area contributed by atoms with Gasteiger partial charge in [0.25, 0.3) is 0 Å². The molecule has 0 saturated carbocycles. The predicted octanol–water partition coefficient (Wildman–Crippen LogP) is 3.70. The number of carbonyl (C=O) groups is 3. The summed E-state index contributed by atoms with van der Waals surface area (Å²) in [6.07, 6.45) is -0.674. The number of carbonyl (C=O) groups excluding carboxylic acids is 3. The molecule has 232 valence electrons. The van der Waals surface area contributed by atoms with Gasteiger partial charge in [-0.1, -0.05) is 45.0 Å². The molecular weight excluding hydrogens is 601 g/mol. The lowest BCUT2D eigenvalue weighted by atomic mass is 9.86. The van der Waals surface area contributed by atoms with Crippen molar-refractivity contribution in [2.24, 2.45) is 11.1 Å². The van der Waals surface area contributed by atoms with Crippen LogP contribution in [0.5, 0.6) is 0 Å². The molecule has 1 aromatic carbocycles. The molecule has 42 heavy (non-hydrogen) atoms. The lowest BCUT2D eigenvalue weighted by molar-refractivity contribution is -0.141. The van der Waals surface area contributed by atoms with Crippen molar-refractivity contribution in [3.63, 3.8) is 0 Å². The third kappa shape index (κ3) is 9.41. The molecule has 2 heterocycles. The molecule has 11 nitrogen and oxygen atoms in total. The van der Waals surface area contributed by atoms with Crippen LogP contribution in [0, 0.1) is 12.3 Å². The molecule has 3 rings (SSSR count). The number of hydrogen-bond acceptors (Lipinski definition) is 11. The van der Waals surface area contributed by atoms with Gasteiger partial charge in [0.1, 0.15) is 18.8 Å². The lowest BCUT2D eigenvalue weighted by Crippen LogP contribution is -2.54. The first-order chi connectivity index (χ1) is 19.4. The van der Waals surface area contributed by atoms with Crippen molar-refractivity contribution >= 4 is 49.0 Å². The highest BCUT2D eigenvalue weighted by Crippen LogP contribution is 2.31. The summed E-state index contributed by atoms with van der Waals surface area (Å²) in [6.45, 7) is 10.7. The van der Waals surface area contributed by atoms with E-state index in [1.165, 1.54) is 4.90 Å². The fraction of sp³-hybridized carbons (Fsp3) is 0.571. The Morgan fingerprint density at radius 3 is 2.38 bits per heavy atom. The maximum absolute atomic E-state index is 13.4. The molecule has 0 spiro atoms. The molecule has 1 fully saturated rings. The lowest BCUT2D eigenvalue weighted by Gasteiger charge is -2.32. The summed E-state index contributed by atoms with van der Waals surface area (Å²) in [5.41, 5.74) is 10.4. The number of aryl methyl sites for hydroxylation is 1. The van der Waals surface area contributed by atoms with Gasteiger partial charge < -0.3 is 25.4 Å². The largest absolute Gasteiger partial charge is 0.508 e. The molecule has 3 atom stereocenters. The summed E-state index contributed by atoms with van der Waals surface area (Å²) in [4.78, 5) is 45.9. The first kappa shape index (κ1) is 33.8. The molecule has 3 N–H and O–H groups in total. The zero-order valence-corrected chi connectivity index (χ0v) is 27.5. The van der Waals surface area contributed by atoms with E-state index in [0.29, 0.717) is 10.8 Å². The van der Waals surface area contributed by atoms with Crippen molar-refractivity contribution in [1.82, 2.24) is 15.2 Å². The third-order valence-corrected chi connectivity index (χ3v) is 10.8. The Bertz CT molecular complexity index is 1380. The number of amides is 2. The second kappa shape index (κ2) is 13.3. The summed E-state index contributed by atoms with van der Waals surface area (Å²) >= 11 is 1.56. The quantitative estimate of drug-likeness (QED) is 0.290. The minimum Gasteiger partial charge on any atom is -0.433 e. The van der Waals surface area contributed by atoms with Crippen LogP contribution < -0.4 is 11.1 Å². The zero-order valence-electron chi connectivity index (χ0n) is 25.0. The maximum Gasteiger partial charge on any atom is 0.508 e. The average molecular weight is 641 g/mol. The highest BCUT2D eigenvalue weighted by molar-refractivity contribution is 8.72. The number of hydrogen-bond donors (Lipinski definition) is 2. The van der Waals surface area contributed by atoms with Gasteiger partial charge in [-0.25, -0.2) is 18.2 Å². The number of ether oxygens (including phenoxy) is 2. The van der Waals surface area contributed by atoms with Crippen molar-refractivity contribution in [3.8, 4) is 10.4 Å². The highest BCUT2D eigenvalue weighted by atomic mass is 33.1. The molecule has 1 saturated heterocycles. The Labute approximate surface area is 255 Å². The normalized spacial score (nSPS) is 18.4. The molecule has 1 aliphatic rings. The number of likely N-dealkylation sites (tertiary alicyclic amines) is 1. The first-order valence-electron chi connectivity index (χ1n) is 13.4. The van der Waals surface area contributed by atoms with Gasteiger partial charge in [0.2, 0.25) is 11.8 Å². The van der Waals surface area contributed by atoms with Gasteiger partial charge in [-0.05, 0) is 48.1 Å². The van der Waals surface area contributed by atoms with E-state index in [1.54, 1.807) is 30.7 Å². The number of benzene rings is 1. The van der Waals surface area contributed by atoms with Crippen molar-refractivity contribution in [1.29, 1.82) is 0 Å². The van der Waals surface area contributed by atoms with Crippen LogP contribution in [0.15, 0.2) is 29.8 Å². The van der Waals surface area contributed by atoms with Gasteiger partial charge in [0.15, 0.2) is 8.87 Å². The first-order valence-corrected chi connectivity index (χ1v) is 17.5. The molecule has 0 bridgehead atoms. The van der Waals surface area contributed by atoms with Crippen LogP contribution in [0.1, 0.15) is 52.3 Å². The molecular formula is C28H40N4O7S3.